The van der Waals surface area contributed by atoms with Crippen molar-refractivity contribution < 1.29 is 9.53 Å². The van der Waals surface area contributed by atoms with Crippen LogP contribution in [0.25, 0.3) is 0 Å². The molecule has 0 saturated carbocycles. The summed E-state index contributed by atoms with van der Waals surface area (Å²) < 4.78 is 4.86. The van der Waals surface area contributed by atoms with E-state index in [-0.39, 0.29) is 11.9 Å². The lowest BCUT2D eigenvalue weighted by Gasteiger charge is -2.36. The van der Waals surface area contributed by atoms with Gasteiger partial charge in [0.25, 0.3) is 0 Å². The largest absolute Gasteiger partial charge is 0.469 e. The van der Waals surface area contributed by atoms with Crippen molar-refractivity contribution in [2.24, 2.45) is 11.8 Å². The first-order valence-corrected chi connectivity index (χ1v) is 6.08. The number of nitrogens with zero attached hydrogens (tertiary/aromatic N) is 1. The van der Waals surface area contributed by atoms with E-state index in [1.54, 1.807) is 0 Å². The summed E-state index contributed by atoms with van der Waals surface area (Å²) in [4.78, 5) is 13.9. The van der Waals surface area contributed by atoms with Gasteiger partial charge in [-0.15, -0.1) is 0 Å². The third-order valence-corrected chi connectivity index (χ3v) is 3.32. The van der Waals surface area contributed by atoms with Gasteiger partial charge in [0.2, 0.25) is 0 Å². The van der Waals surface area contributed by atoms with Crippen molar-refractivity contribution in [1.29, 1.82) is 0 Å². The van der Waals surface area contributed by atoms with Crippen LogP contribution in [0, 0.1) is 11.8 Å². The highest BCUT2D eigenvalue weighted by Crippen LogP contribution is 2.26. The Bertz CT molecular complexity index is 377. The maximum atomic E-state index is 11.6. The van der Waals surface area contributed by atoms with E-state index >= 15 is 0 Å². The normalized spacial score (nSPS) is 24.5. The molecule has 0 amide bonds. The summed E-state index contributed by atoms with van der Waals surface area (Å²) in [6.07, 6.45) is 0.927. The van der Waals surface area contributed by atoms with E-state index in [9.17, 15) is 4.79 Å². The van der Waals surface area contributed by atoms with Crippen LogP contribution < -0.4 is 4.90 Å². The van der Waals surface area contributed by atoms with Gasteiger partial charge in [0.1, 0.15) is 0 Å². The predicted molar refractivity (Wildman–Crippen MR) is 67.9 cm³/mol. The molecule has 17 heavy (non-hydrogen) atoms. The van der Waals surface area contributed by atoms with Crippen LogP contribution in [0.4, 0.5) is 5.69 Å². The van der Waals surface area contributed by atoms with Gasteiger partial charge in [-0.3, -0.25) is 4.79 Å². The molecule has 92 valence electrons. The average Bonchev–Trinajstić information content (AvgIpc) is 2.38. The molecule has 0 bridgehead atoms. The van der Waals surface area contributed by atoms with Crippen molar-refractivity contribution in [1.82, 2.24) is 0 Å². The lowest BCUT2D eigenvalue weighted by atomic mass is 9.90. The number of ether oxygens (including phenoxy) is 1. The first-order chi connectivity index (χ1) is 8.20. The first kappa shape index (κ1) is 12.0. The maximum Gasteiger partial charge on any atom is 0.310 e. The Kier molecular flexibility index (Phi) is 3.67. The number of para-hydroxylation sites is 1. The highest BCUT2D eigenvalue weighted by atomic mass is 16.5. The van der Waals surface area contributed by atoms with Gasteiger partial charge in [-0.1, -0.05) is 25.1 Å². The van der Waals surface area contributed by atoms with Gasteiger partial charge in [0, 0.05) is 18.8 Å². The summed E-state index contributed by atoms with van der Waals surface area (Å²) >= 11 is 0. The molecule has 0 spiro atoms. The average molecular weight is 233 g/mol. The Morgan fingerprint density at radius 2 is 2.00 bits per heavy atom. The molecule has 0 aliphatic carbocycles. The molecule has 1 aliphatic heterocycles. The second-order valence-corrected chi connectivity index (χ2v) is 4.80. The Morgan fingerprint density at radius 1 is 1.29 bits per heavy atom. The maximum absolute atomic E-state index is 11.6. The number of benzene rings is 1. The number of carbonyl (C=O) groups is 1. The fraction of sp³-hybridized carbons (Fsp3) is 0.500. The van der Waals surface area contributed by atoms with Crippen LogP contribution in [-0.4, -0.2) is 26.2 Å². The number of rotatable bonds is 2. The van der Waals surface area contributed by atoms with Crippen LogP contribution in [-0.2, 0) is 9.53 Å². The van der Waals surface area contributed by atoms with Crippen molar-refractivity contribution >= 4 is 11.7 Å². The molecule has 2 atom stereocenters. The smallest absolute Gasteiger partial charge is 0.310 e. The summed E-state index contributed by atoms with van der Waals surface area (Å²) in [6.45, 7) is 3.96. The molecule has 1 aromatic rings. The number of carbonyl (C=O) groups excluding carboxylic acids is 1. The van der Waals surface area contributed by atoms with Crippen LogP contribution in [0.3, 0.4) is 0 Å². The Hall–Kier alpha value is -1.51. The fourth-order valence-electron chi connectivity index (χ4n) is 2.54. The van der Waals surface area contributed by atoms with Crippen LogP contribution >= 0.6 is 0 Å². The molecule has 1 aliphatic rings. The van der Waals surface area contributed by atoms with Gasteiger partial charge >= 0.3 is 5.97 Å². The van der Waals surface area contributed by atoms with Gasteiger partial charge in [-0.25, -0.2) is 0 Å². The minimum Gasteiger partial charge on any atom is -0.469 e. The number of hydrogen-bond acceptors (Lipinski definition) is 3. The molecule has 0 N–H and O–H groups in total. The third kappa shape index (κ3) is 2.78. The van der Waals surface area contributed by atoms with Gasteiger partial charge in [-0.05, 0) is 24.5 Å². The van der Waals surface area contributed by atoms with Crippen LogP contribution in [0.5, 0.6) is 0 Å². The van der Waals surface area contributed by atoms with E-state index in [0.717, 1.165) is 19.5 Å². The topological polar surface area (TPSA) is 29.5 Å². The van der Waals surface area contributed by atoms with Crippen molar-refractivity contribution in [3.63, 3.8) is 0 Å². The number of methoxy groups -OCH3 is 1. The lowest BCUT2D eigenvalue weighted by Crippen LogP contribution is -2.42. The van der Waals surface area contributed by atoms with Gasteiger partial charge in [-0.2, -0.15) is 0 Å². The van der Waals surface area contributed by atoms with E-state index in [1.165, 1.54) is 12.8 Å². The number of anilines is 1. The molecule has 1 heterocycles. The molecule has 1 saturated heterocycles. The van der Waals surface area contributed by atoms with E-state index in [2.05, 4.69) is 24.0 Å². The van der Waals surface area contributed by atoms with Crippen molar-refractivity contribution in [2.75, 3.05) is 25.1 Å². The summed E-state index contributed by atoms with van der Waals surface area (Å²) in [7, 11) is 1.47. The number of esters is 1. The monoisotopic (exact) mass is 233 g/mol. The zero-order valence-corrected chi connectivity index (χ0v) is 10.4. The van der Waals surface area contributed by atoms with Gasteiger partial charge in [0.15, 0.2) is 0 Å². The van der Waals surface area contributed by atoms with E-state index in [0.29, 0.717) is 5.92 Å². The Labute approximate surface area is 102 Å². The van der Waals surface area contributed by atoms with Crippen LogP contribution in [0.15, 0.2) is 30.3 Å². The number of hydrogen-bond donors (Lipinski definition) is 0. The molecular weight excluding hydrogens is 214 g/mol. The van der Waals surface area contributed by atoms with Crippen LogP contribution in [0.1, 0.15) is 13.3 Å². The zero-order chi connectivity index (χ0) is 12.3. The van der Waals surface area contributed by atoms with Gasteiger partial charge in [0.05, 0.1) is 13.0 Å². The summed E-state index contributed by atoms with van der Waals surface area (Å²) in [5, 5.41) is 0. The minimum atomic E-state index is -0.0857. The minimum absolute atomic E-state index is 0.00366. The molecule has 0 aromatic heterocycles. The number of piperidine rings is 1. The standard InChI is InChI=1S/C14H19NO2/c1-11-8-12(14(16)17-2)10-15(9-11)13-6-4-3-5-7-13/h3-7,11-12H,8-10H2,1-2H3/t11-,12-/m1/s1. The molecule has 1 aromatic carbocycles. The van der Waals surface area contributed by atoms with E-state index in [1.807, 2.05) is 18.2 Å². The van der Waals surface area contributed by atoms with E-state index in [4.69, 9.17) is 4.74 Å². The lowest BCUT2D eigenvalue weighted by molar-refractivity contribution is -0.146. The Morgan fingerprint density at radius 3 is 2.65 bits per heavy atom. The highest BCUT2D eigenvalue weighted by Gasteiger charge is 2.30. The highest BCUT2D eigenvalue weighted by molar-refractivity contribution is 5.73. The van der Waals surface area contributed by atoms with E-state index < -0.39 is 0 Å². The zero-order valence-electron chi connectivity index (χ0n) is 10.4. The molecule has 0 unspecified atom stereocenters. The quantitative estimate of drug-likeness (QED) is 0.734. The molecule has 0 radical (unpaired) electrons. The van der Waals surface area contributed by atoms with Crippen molar-refractivity contribution in [2.45, 2.75) is 13.3 Å². The molecule has 2 rings (SSSR count). The fourth-order valence-corrected chi connectivity index (χ4v) is 2.54. The SMILES string of the molecule is COC(=O)[C@@H]1C[C@@H](C)CN(c2ccccc2)C1. The Balaban J connectivity index is 2.11. The second kappa shape index (κ2) is 5.21. The summed E-state index contributed by atoms with van der Waals surface area (Å²) in [5.41, 5.74) is 1.19. The van der Waals surface area contributed by atoms with Crippen LogP contribution in [0.2, 0.25) is 0 Å². The molecule has 3 heteroatoms. The second-order valence-electron chi connectivity index (χ2n) is 4.80. The van der Waals surface area contributed by atoms with Crippen molar-refractivity contribution in [3.8, 4) is 0 Å². The van der Waals surface area contributed by atoms with Crippen molar-refractivity contribution in [3.05, 3.63) is 30.3 Å². The summed E-state index contributed by atoms with van der Waals surface area (Å²) in [5.74, 6) is 0.439. The summed E-state index contributed by atoms with van der Waals surface area (Å²) in [6, 6.07) is 10.2. The molecule has 1 fully saturated rings. The molecule has 3 nitrogen and oxygen atoms in total. The first-order valence-electron chi connectivity index (χ1n) is 6.08. The van der Waals surface area contributed by atoms with Gasteiger partial charge < -0.3 is 9.64 Å². The molecular formula is C14H19NO2. The third-order valence-electron chi connectivity index (χ3n) is 3.32. The predicted octanol–water partition coefficient (Wildman–Crippen LogP) is 2.32.